The van der Waals surface area contributed by atoms with Crippen LogP contribution in [0.3, 0.4) is 0 Å². The van der Waals surface area contributed by atoms with E-state index >= 15 is 0 Å². The van der Waals surface area contributed by atoms with Crippen LogP contribution < -0.4 is 9.80 Å². The lowest BCUT2D eigenvalue weighted by atomic mass is 9.80. The van der Waals surface area contributed by atoms with Gasteiger partial charge >= 0.3 is 0 Å². The Balaban J connectivity index is 1.33. The van der Waals surface area contributed by atoms with Crippen LogP contribution in [0.2, 0.25) is 0 Å². The molecule has 42 heavy (non-hydrogen) atoms. The maximum absolute atomic E-state index is 11.5. The monoisotopic (exact) mass is 550 g/mol. The van der Waals surface area contributed by atoms with E-state index in [9.17, 15) is 10.2 Å². The summed E-state index contributed by atoms with van der Waals surface area (Å²) in [5, 5.41) is 23.0. The van der Waals surface area contributed by atoms with Crippen LogP contribution in [0.25, 0.3) is 0 Å². The molecule has 0 atom stereocenters. The molecular formula is C38H34N2O2. The Morgan fingerprint density at radius 2 is 0.810 bits per heavy atom. The average Bonchev–Trinajstić information content (AvgIpc) is 3.38. The number of aliphatic hydroxyl groups is 2. The van der Waals surface area contributed by atoms with E-state index in [1.807, 2.05) is 48.6 Å². The first-order valence-electron chi connectivity index (χ1n) is 14.4. The molecule has 0 saturated heterocycles. The van der Waals surface area contributed by atoms with Crippen molar-refractivity contribution >= 4 is 22.7 Å². The summed E-state index contributed by atoms with van der Waals surface area (Å²) in [6.07, 6.45) is 3.90. The van der Waals surface area contributed by atoms with E-state index in [0.29, 0.717) is 11.1 Å². The largest absolute Gasteiger partial charge is 0.506 e. The third-order valence-corrected chi connectivity index (χ3v) is 9.01. The molecule has 208 valence electrons. The summed E-state index contributed by atoms with van der Waals surface area (Å²) in [6, 6.07) is 37.3. The topological polar surface area (TPSA) is 46.9 Å². The van der Waals surface area contributed by atoms with Crippen molar-refractivity contribution in [3.63, 3.8) is 0 Å². The van der Waals surface area contributed by atoms with Gasteiger partial charge in [0.05, 0.1) is 11.1 Å². The van der Waals surface area contributed by atoms with Gasteiger partial charge in [-0.1, -0.05) is 100 Å². The fraction of sp³-hybridized carbons (Fsp3) is 0.158. The van der Waals surface area contributed by atoms with Crippen molar-refractivity contribution in [2.24, 2.45) is 0 Å². The summed E-state index contributed by atoms with van der Waals surface area (Å²) in [7, 11) is 0. The summed E-state index contributed by atoms with van der Waals surface area (Å²) in [5.74, 6) is 0.207. The molecule has 2 aliphatic heterocycles. The fourth-order valence-corrected chi connectivity index (χ4v) is 6.69. The maximum atomic E-state index is 11.5. The molecule has 0 radical (unpaired) electrons. The molecular weight excluding hydrogens is 516 g/mol. The van der Waals surface area contributed by atoms with Crippen molar-refractivity contribution in [3.05, 3.63) is 167 Å². The van der Waals surface area contributed by atoms with Crippen LogP contribution in [-0.2, 0) is 10.8 Å². The third kappa shape index (κ3) is 3.68. The van der Waals surface area contributed by atoms with Gasteiger partial charge < -0.3 is 20.0 Å². The van der Waals surface area contributed by atoms with Gasteiger partial charge in [-0.2, -0.15) is 0 Å². The number of allylic oxidation sites excluding steroid dienone is 4. The van der Waals surface area contributed by atoms with Gasteiger partial charge in [0.25, 0.3) is 0 Å². The van der Waals surface area contributed by atoms with E-state index in [0.717, 1.165) is 34.1 Å². The standard InChI is InChI=1S/C38H34N2O2/c1-37(2)29-19-11-13-21-31(29)39(25-15-7-5-8-16-25)33(37)23-27-35(41)28(36(27)42)24-34-38(3,4)30-20-12-14-22-32(30)40(34)26-17-9-6-10-18-26/h5-24,41-42H,1-4H3. The molecule has 4 nitrogen and oxygen atoms in total. The average molecular weight is 551 g/mol. The molecule has 0 aromatic heterocycles. The van der Waals surface area contributed by atoms with Gasteiger partial charge in [0, 0.05) is 45.0 Å². The van der Waals surface area contributed by atoms with Gasteiger partial charge in [0.1, 0.15) is 11.5 Å². The molecule has 0 saturated carbocycles. The van der Waals surface area contributed by atoms with Crippen molar-refractivity contribution in [1.82, 2.24) is 0 Å². The van der Waals surface area contributed by atoms with Crippen molar-refractivity contribution < 1.29 is 10.2 Å². The first-order valence-corrected chi connectivity index (χ1v) is 14.4. The summed E-state index contributed by atoms with van der Waals surface area (Å²) >= 11 is 0. The number of anilines is 4. The Morgan fingerprint density at radius 3 is 1.19 bits per heavy atom. The zero-order chi connectivity index (χ0) is 29.2. The number of benzene rings is 4. The van der Waals surface area contributed by atoms with E-state index in [2.05, 4.69) is 110 Å². The highest BCUT2D eigenvalue weighted by Gasteiger charge is 2.44. The molecule has 0 bridgehead atoms. The Bertz CT molecular complexity index is 1690. The lowest BCUT2D eigenvalue weighted by molar-refractivity contribution is 0.354. The molecule has 0 fully saturated rings. The molecule has 0 unspecified atom stereocenters. The molecule has 1 aliphatic carbocycles. The SMILES string of the molecule is CC1(C)C(=CC2=C(O)C(C=C3N(c4ccccc4)c4ccccc4C3(C)C)=C2O)N(c2ccccc2)c2ccccc21. The molecule has 2 N–H and O–H groups in total. The predicted molar refractivity (Wildman–Crippen MR) is 172 cm³/mol. The zero-order valence-electron chi connectivity index (χ0n) is 24.3. The number of hydrogen-bond acceptors (Lipinski definition) is 4. The van der Waals surface area contributed by atoms with Crippen molar-refractivity contribution in [1.29, 1.82) is 0 Å². The highest BCUT2D eigenvalue weighted by Crippen LogP contribution is 2.54. The second kappa shape index (κ2) is 9.28. The molecule has 7 rings (SSSR count). The Kier molecular flexibility index (Phi) is 5.74. The highest BCUT2D eigenvalue weighted by atomic mass is 16.3. The zero-order valence-corrected chi connectivity index (χ0v) is 24.3. The van der Waals surface area contributed by atoms with Crippen molar-refractivity contribution in [2.75, 3.05) is 9.80 Å². The van der Waals surface area contributed by atoms with Gasteiger partial charge in [0.15, 0.2) is 0 Å². The minimum absolute atomic E-state index is 0.104. The van der Waals surface area contributed by atoms with E-state index in [1.54, 1.807) is 0 Å². The normalized spacial score (nSPS) is 20.3. The second-order valence-corrected chi connectivity index (χ2v) is 12.2. The first kappa shape index (κ1) is 26.0. The Hall–Kier alpha value is -4.96. The number of rotatable bonds is 4. The Morgan fingerprint density at radius 1 is 0.476 bits per heavy atom. The van der Waals surface area contributed by atoms with Crippen LogP contribution in [0, 0.1) is 0 Å². The Labute approximate surface area is 247 Å². The van der Waals surface area contributed by atoms with Gasteiger partial charge in [-0.25, -0.2) is 0 Å². The number of nitrogens with zero attached hydrogens (tertiary/aromatic N) is 2. The summed E-state index contributed by atoms with van der Waals surface area (Å²) in [6.45, 7) is 8.76. The van der Waals surface area contributed by atoms with E-state index in [1.165, 1.54) is 11.1 Å². The van der Waals surface area contributed by atoms with Crippen molar-refractivity contribution in [3.8, 4) is 0 Å². The molecule has 4 heteroatoms. The molecule has 4 aromatic carbocycles. The highest BCUT2D eigenvalue weighted by molar-refractivity contribution is 5.83. The number of hydrogen-bond donors (Lipinski definition) is 2. The summed E-state index contributed by atoms with van der Waals surface area (Å²) in [5.41, 5.74) is 8.92. The summed E-state index contributed by atoms with van der Waals surface area (Å²) < 4.78 is 0. The minimum Gasteiger partial charge on any atom is -0.506 e. The van der Waals surface area contributed by atoms with E-state index in [-0.39, 0.29) is 22.3 Å². The van der Waals surface area contributed by atoms with Crippen LogP contribution >= 0.6 is 0 Å². The second-order valence-electron chi connectivity index (χ2n) is 12.2. The van der Waals surface area contributed by atoms with Crippen LogP contribution in [-0.4, -0.2) is 10.2 Å². The molecule has 4 aromatic rings. The number of aliphatic hydroxyl groups excluding tert-OH is 2. The van der Waals surface area contributed by atoms with Crippen LogP contribution in [0.5, 0.6) is 0 Å². The van der Waals surface area contributed by atoms with Crippen LogP contribution in [0.15, 0.2) is 155 Å². The molecule has 0 amide bonds. The lowest BCUT2D eigenvalue weighted by Crippen LogP contribution is -2.25. The van der Waals surface area contributed by atoms with Crippen LogP contribution in [0.1, 0.15) is 38.8 Å². The molecule has 3 aliphatic rings. The quantitative estimate of drug-likeness (QED) is 0.266. The number of para-hydroxylation sites is 4. The van der Waals surface area contributed by atoms with Gasteiger partial charge in [-0.15, -0.1) is 0 Å². The van der Waals surface area contributed by atoms with E-state index < -0.39 is 0 Å². The van der Waals surface area contributed by atoms with Crippen molar-refractivity contribution in [2.45, 2.75) is 38.5 Å². The fourth-order valence-electron chi connectivity index (χ4n) is 6.69. The maximum Gasteiger partial charge on any atom is 0.137 e. The lowest BCUT2D eigenvalue weighted by Gasteiger charge is -2.31. The molecule has 0 spiro atoms. The van der Waals surface area contributed by atoms with Crippen LogP contribution in [0.4, 0.5) is 22.7 Å². The smallest absolute Gasteiger partial charge is 0.137 e. The van der Waals surface area contributed by atoms with Gasteiger partial charge in [-0.3, -0.25) is 0 Å². The summed E-state index contributed by atoms with van der Waals surface area (Å²) in [4.78, 5) is 4.46. The number of fused-ring (bicyclic) bond motifs is 2. The minimum atomic E-state index is -0.340. The third-order valence-electron chi connectivity index (χ3n) is 9.01. The van der Waals surface area contributed by atoms with E-state index in [4.69, 9.17) is 0 Å². The predicted octanol–water partition coefficient (Wildman–Crippen LogP) is 9.65. The van der Waals surface area contributed by atoms with Gasteiger partial charge in [0.2, 0.25) is 0 Å². The van der Waals surface area contributed by atoms with Gasteiger partial charge in [-0.05, 0) is 59.7 Å². The molecule has 2 heterocycles. The first-order chi connectivity index (χ1) is 20.2.